The average molecular weight is 240 g/mol. The molecule has 1 fully saturated rings. The SMILES string of the molecule is CC1CCCN(c2cc(N)cc(C(F)F)c2)C1. The molecule has 94 valence electrons. The Kier molecular flexibility index (Phi) is 3.50. The minimum absolute atomic E-state index is 0.0122. The molecule has 0 spiro atoms. The quantitative estimate of drug-likeness (QED) is 0.802. The minimum Gasteiger partial charge on any atom is -0.399 e. The van der Waals surface area contributed by atoms with E-state index in [9.17, 15) is 8.78 Å². The Morgan fingerprint density at radius 1 is 1.35 bits per heavy atom. The second-order valence-corrected chi connectivity index (χ2v) is 4.85. The smallest absolute Gasteiger partial charge is 0.263 e. The van der Waals surface area contributed by atoms with Crippen molar-refractivity contribution >= 4 is 11.4 Å². The van der Waals surface area contributed by atoms with Crippen molar-refractivity contribution in [2.75, 3.05) is 23.7 Å². The van der Waals surface area contributed by atoms with Crippen molar-refractivity contribution in [2.24, 2.45) is 5.92 Å². The lowest BCUT2D eigenvalue weighted by Gasteiger charge is -2.33. The predicted octanol–water partition coefficient (Wildman–Crippen LogP) is 3.44. The maximum Gasteiger partial charge on any atom is 0.263 e. The van der Waals surface area contributed by atoms with Crippen LogP contribution in [0.4, 0.5) is 20.2 Å². The fourth-order valence-corrected chi connectivity index (χ4v) is 2.39. The molecular formula is C13H18F2N2. The number of hydrogen-bond acceptors (Lipinski definition) is 2. The van der Waals surface area contributed by atoms with Crippen LogP contribution in [0.25, 0.3) is 0 Å². The first-order chi connectivity index (χ1) is 8.06. The van der Waals surface area contributed by atoms with Gasteiger partial charge in [0.2, 0.25) is 0 Å². The highest BCUT2D eigenvalue weighted by atomic mass is 19.3. The van der Waals surface area contributed by atoms with Gasteiger partial charge in [0.1, 0.15) is 0 Å². The van der Waals surface area contributed by atoms with Gasteiger partial charge in [-0.05, 0) is 37.0 Å². The number of nitrogen functional groups attached to an aromatic ring is 1. The van der Waals surface area contributed by atoms with Crippen molar-refractivity contribution in [3.05, 3.63) is 23.8 Å². The number of hydrogen-bond donors (Lipinski definition) is 1. The van der Waals surface area contributed by atoms with E-state index >= 15 is 0 Å². The van der Waals surface area contributed by atoms with Crippen molar-refractivity contribution < 1.29 is 8.78 Å². The van der Waals surface area contributed by atoms with Gasteiger partial charge in [-0.15, -0.1) is 0 Å². The molecule has 0 saturated carbocycles. The van der Waals surface area contributed by atoms with E-state index in [4.69, 9.17) is 5.73 Å². The van der Waals surface area contributed by atoms with Gasteiger partial charge in [-0.1, -0.05) is 6.92 Å². The number of nitrogens with two attached hydrogens (primary N) is 1. The van der Waals surface area contributed by atoms with Crippen LogP contribution in [0, 0.1) is 5.92 Å². The summed E-state index contributed by atoms with van der Waals surface area (Å²) < 4.78 is 25.4. The topological polar surface area (TPSA) is 29.3 Å². The molecule has 0 bridgehead atoms. The lowest BCUT2D eigenvalue weighted by Crippen LogP contribution is -2.34. The van der Waals surface area contributed by atoms with Gasteiger partial charge in [0.05, 0.1) is 0 Å². The van der Waals surface area contributed by atoms with Crippen LogP contribution in [-0.4, -0.2) is 13.1 Å². The average Bonchev–Trinajstić information content (AvgIpc) is 2.28. The second kappa shape index (κ2) is 4.90. The predicted molar refractivity (Wildman–Crippen MR) is 66.4 cm³/mol. The first kappa shape index (κ1) is 12.1. The summed E-state index contributed by atoms with van der Waals surface area (Å²) in [5.74, 6) is 0.611. The van der Waals surface area contributed by atoms with E-state index in [-0.39, 0.29) is 5.56 Å². The molecule has 1 aromatic carbocycles. The number of anilines is 2. The van der Waals surface area contributed by atoms with Gasteiger partial charge in [0.15, 0.2) is 0 Å². The van der Waals surface area contributed by atoms with Gasteiger partial charge in [-0.2, -0.15) is 0 Å². The summed E-state index contributed by atoms with van der Waals surface area (Å²) in [4.78, 5) is 2.15. The number of benzene rings is 1. The molecule has 1 heterocycles. The van der Waals surface area contributed by atoms with Crippen LogP contribution >= 0.6 is 0 Å². The molecule has 2 N–H and O–H groups in total. The van der Waals surface area contributed by atoms with E-state index in [2.05, 4.69) is 11.8 Å². The number of rotatable bonds is 2. The third-order valence-corrected chi connectivity index (χ3v) is 3.24. The lowest BCUT2D eigenvalue weighted by atomic mass is 9.99. The number of nitrogens with zero attached hydrogens (tertiary/aromatic N) is 1. The Morgan fingerprint density at radius 3 is 2.76 bits per heavy atom. The van der Waals surface area contributed by atoms with Crippen LogP contribution in [-0.2, 0) is 0 Å². The van der Waals surface area contributed by atoms with E-state index in [0.29, 0.717) is 11.6 Å². The highest BCUT2D eigenvalue weighted by Gasteiger charge is 2.18. The van der Waals surface area contributed by atoms with Crippen molar-refractivity contribution in [1.29, 1.82) is 0 Å². The molecule has 2 rings (SSSR count). The summed E-state index contributed by atoms with van der Waals surface area (Å²) in [6, 6.07) is 4.69. The highest BCUT2D eigenvalue weighted by Crippen LogP contribution is 2.29. The molecule has 0 radical (unpaired) electrons. The molecule has 1 saturated heterocycles. The molecule has 1 aromatic rings. The minimum atomic E-state index is -2.46. The summed E-state index contributed by atoms with van der Waals surface area (Å²) in [5, 5.41) is 0. The second-order valence-electron chi connectivity index (χ2n) is 4.85. The van der Waals surface area contributed by atoms with Gasteiger partial charge < -0.3 is 10.6 Å². The van der Waals surface area contributed by atoms with Gasteiger partial charge in [-0.3, -0.25) is 0 Å². The zero-order valence-corrected chi connectivity index (χ0v) is 10.00. The van der Waals surface area contributed by atoms with Crippen LogP contribution < -0.4 is 10.6 Å². The van der Waals surface area contributed by atoms with E-state index < -0.39 is 6.43 Å². The van der Waals surface area contributed by atoms with Crippen LogP contribution in [0.15, 0.2) is 18.2 Å². The third kappa shape index (κ3) is 2.87. The Morgan fingerprint density at radius 2 is 2.12 bits per heavy atom. The molecule has 1 aliphatic heterocycles. The molecule has 0 aromatic heterocycles. The van der Waals surface area contributed by atoms with Crippen LogP contribution in [0.2, 0.25) is 0 Å². The van der Waals surface area contributed by atoms with Crippen LogP contribution in [0.1, 0.15) is 31.8 Å². The number of piperidine rings is 1. The molecule has 4 heteroatoms. The Labute approximate surface area is 100 Å². The zero-order chi connectivity index (χ0) is 12.4. The normalized spacial score (nSPS) is 20.9. The zero-order valence-electron chi connectivity index (χ0n) is 10.00. The molecule has 17 heavy (non-hydrogen) atoms. The van der Waals surface area contributed by atoms with E-state index in [1.54, 1.807) is 12.1 Å². The summed E-state index contributed by atoms with van der Waals surface area (Å²) in [6.45, 7) is 4.04. The fourth-order valence-electron chi connectivity index (χ4n) is 2.39. The van der Waals surface area contributed by atoms with Gasteiger partial charge in [-0.25, -0.2) is 8.78 Å². The number of halogens is 2. The third-order valence-electron chi connectivity index (χ3n) is 3.24. The summed E-state index contributed by atoms with van der Waals surface area (Å²) in [6.07, 6.45) is -0.139. The first-order valence-corrected chi connectivity index (χ1v) is 6.00. The molecule has 0 amide bonds. The monoisotopic (exact) mass is 240 g/mol. The van der Waals surface area contributed by atoms with Crippen LogP contribution in [0.3, 0.4) is 0 Å². The highest BCUT2D eigenvalue weighted by molar-refractivity contribution is 5.59. The van der Waals surface area contributed by atoms with E-state index in [1.165, 1.54) is 12.5 Å². The maximum atomic E-state index is 12.7. The fraction of sp³-hybridized carbons (Fsp3) is 0.538. The molecule has 0 aliphatic carbocycles. The summed E-state index contributed by atoms with van der Waals surface area (Å²) in [7, 11) is 0. The molecular weight excluding hydrogens is 222 g/mol. The van der Waals surface area contributed by atoms with Crippen molar-refractivity contribution in [1.82, 2.24) is 0 Å². The Balaban J connectivity index is 2.25. The van der Waals surface area contributed by atoms with Crippen molar-refractivity contribution in [3.63, 3.8) is 0 Å². The largest absolute Gasteiger partial charge is 0.399 e. The molecule has 2 nitrogen and oxygen atoms in total. The van der Waals surface area contributed by atoms with Gasteiger partial charge in [0.25, 0.3) is 6.43 Å². The number of alkyl halides is 2. The van der Waals surface area contributed by atoms with Crippen LogP contribution in [0.5, 0.6) is 0 Å². The lowest BCUT2D eigenvalue weighted by molar-refractivity contribution is 0.151. The molecule has 1 atom stereocenters. The van der Waals surface area contributed by atoms with Gasteiger partial charge >= 0.3 is 0 Å². The first-order valence-electron chi connectivity index (χ1n) is 6.00. The van der Waals surface area contributed by atoms with Crippen molar-refractivity contribution in [3.8, 4) is 0 Å². The molecule has 1 aliphatic rings. The van der Waals surface area contributed by atoms with Crippen molar-refractivity contribution in [2.45, 2.75) is 26.2 Å². The molecule has 1 unspecified atom stereocenters. The Bertz CT molecular complexity index is 393. The van der Waals surface area contributed by atoms with E-state index in [1.807, 2.05) is 0 Å². The van der Waals surface area contributed by atoms with E-state index in [0.717, 1.165) is 25.2 Å². The maximum absolute atomic E-state index is 12.7. The summed E-state index contributed by atoms with van der Waals surface area (Å²) >= 11 is 0. The summed E-state index contributed by atoms with van der Waals surface area (Å²) in [5.41, 5.74) is 6.93. The van der Waals surface area contributed by atoms with Gasteiger partial charge in [0, 0.05) is 30.0 Å². The standard InChI is InChI=1S/C13H18F2N2/c1-9-3-2-4-17(8-9)12-6-10(13(14)15)5-11(16)7-12/h5-7,9,13H,2-4,8,16H2,1H3. The Hall–Kier alpha value is -1.32.